The Morgan fingerprint density at radius 1 is 1.18 bits per heavy atom. The van der Waals surface area contributed by atoms with Crippen molar-refractivity contribution in [2.24, 2.45) is 5.10 Å². The highest BCUT2D eigenvalue weighted by Gasteiger charge is 2.22. The normalized spacial score (nSPS) is 12.4. The largest absolute Gasteiger partial charge is 0.476 e. The van der Waals surface area contributed by atoms with Gasteiger partial charge in [0.15, 0.2) is 5.69 Å². The van der Waals surface area contributed by atoms with Crippen LogP contribution in [0, 0.1) is 0 Å². The van der Waals surface area contributed by atoms with E-state index in [4.69, 9.17) is 11.6 Å². The highest BCUT2D eigenvalue weighted by atomic mass is 35.5. The van der Waals surface area contributed by atoms with Crippen LogP contribution in [0.4, 0.5) is 5.69 Å². The summed E-state index contributed by atoms with van der Waals surface area (Å²) in [6.07, 6.45) is 1.83. The molecule has 1 aromatic heterocycles. The van der Waals surface area contributed by atoms with Gasteiger partial charge in [-0.2, -0.15) is 5.10 Å². The number of anilines is 1. The molecular weight excluding hydrogens is 380 g/mol. The highest BCUT2D eigenvalue weighted by molar-refractivity contribution is 6.31. The molecular formula is C20H15ClN4O3. The fourth-order valence-corrected chi connectivity index (χ4v) is 3.27. The number of amides is 1. The van der Waals surface area contributed by atoms with Crippen LogP contribution in [0.1, 0.15) is 39.9 Å². The molecule has 4 rings (SSSR count). The summed E-state index contributed by atoms with van der Waals surface area (Å²) in [7, 11) is 0. The molecule has 0 atom stereocenters. The molecule has 0 unspecified atom stereocenters. The van der Waals surface area contributed by atoms with Crippen molar-refractivity contribution in [2.45, 2.75) is 13.3 Å². The summed E-state index contributed by atoms with van der Waals surface area (Å²) in [4.78, 5) is 26.7. The van der Waals surface area contributed by atoms with E-state index in [-0.39, 0.29) is 11.6 Å². The maximum atomic E-state index is 11.3. The van der Waals surface area contributed by atoms with E-state index in [0.29, 0.717) is 28.7 Å². The number of aromatic nitrogens is 2. The average molecular weight is 395 g/mol. The molecule has 2 aromatic carbocycles. The number of halogens is 1. The quantitative estimate of drug-likeness (QED) is 0.556. The maximum Gasteiger partial charge on any atom is 0.356 e. The van der Waals surface area contributed by atoms with Crippen molar-refractivity contribution in [1.82, 2.24) is 9.66 Å². The van der Waals surface area contributed by atoms with Crippen LogP contribution in [0.2, 0.25) is 5.02 Å². The van der Waals surface area contributed by atoms with Gasteiger partial charge >= 0.3 is 5.97 Å². The van der Waals surface area contributed by atoms with Crippen molar-refractivity contribution >= 4 is 34.9 Å². The zero-order valence-corrected chi connectivity index (χ0v) is 15.6. The predicted molar refractivity (Wildman–Crippen MR) is 105 cm³/mol. The van der Waals surface area contributed by atoms with E-state index in [0.717, 1.165) is 16.7 Å². The summed E-state index contributed by atoms with van der Waals surface area (Å²) in [5.41, 5.74) is 3.85. The SMILES string of the molecule is CC(=O)Nc1ccc(C2=Nn3cc(C(=O)O)nc3Cc3ccc(Cl)cc32)cc1. The number of carboxylic acids is 1. The van der Waals surface area contributed by atoms with Gasteiger partial charge in [-0.05, 0) is 29.8 Å². The van der Waals surface area contributed by atoms with E-state index >= 15 is 0 Å². The molecule has 2 N–H and O–H groups in total. The van der Waals surface area contributed by atoms with Gasteiger partial charge in [0.2, 0.25) is 5.91 Å². The first-order chi connectivity index (χ1) is 13.4. The molecule has 2 heterocycles. The Kier molecular flexibility index (Phi) is 4.44. The van der Waals surface area contributed by atoms with Crippen LogP contribution < -0.4 is 5.32 Å². The third kappa shape index (κ3) is 3.39. The average Bonchev–Trinajstić information content (AvgIpc) is 2.98. The zero-order chi connectivity index (χ0) is 19.8. The van der Waals surface area contributed by atoms with E-state index < -0.39 is 5.97 Å². The van der Waals surface area contributed by atoms with Gasteiger partial charge in [0, 0.05) is 35.2 Å². The number of hydrogen-bond acceptors (Lipinski definition) is 4. The topological polar surface area (TPSA) is 96.6 Å². The fraction of sp³-hybridized carbons (Fsp3) is 0.100. The molecule has 3 aromatic rings. The molecule has 1 aliphatic heterocycles. The summed E-state index contributed by atoms with van der Waals surface area (Å²) < 4.78 is 1.49. The van der Waals surface area contributed by atoms with Crippen molar-refractivity contribution in [2.75, 3.05) is 5.32 Å². The second-order valence-corrected chi connectivity index (χ2v) is 6.81. The number of aromatic carboxylic acids is 1. The molecule has 7 nitrogen and oxygen atoms in total. The Hall–Kier alpha value is -3.45. The lowest BCUT2D eigenvalue weighted by atomic mass is 9.96. The molecule has 0 spiro atoms. The first-order valence-electron chi connectivity index (χ1n) is 8.48. The Labute approximate surface area is 165 Å². The number of carbonyl (C=O) groups is 2. The lowest BCUT2D eigenvalue weighted by molar-refractivity contribution is -0.114. The van der Waals surface area contributed by atoms with Gasteiger partial charge in [0.05, 0.1) is 11.9 Å². The Morgan fingerprint density at radius 2 is 1.93 bits per heavy atom. The molecule has 0 bridgehead atoms. The second kappa shape index (κ2) is 6.94. The first kappa shape index (κ1) is 17.9. The summed E-state index contributed by atoms with van der Waals surface area (Å²) in [5, 5.41) is 17.2. The third-order valence-corrected chi connectivity index (χ3v) is 4.57. The summed E-state index contributed by atoms with van der Waals surface area (Å²) in [6.45, 7) is 1.45. The number of imidazole rings is 1. The van der Waals surface area contributed by atoms with Crippen LogP contribution in [0.15, 0.2) is 53.8 Å². The van der Waals surface area contributed by atoms with Crippen LogP contribution >= 0.6 is 11.6 Å². The number of benzene rings is 2. The molecule has 0 aliphatic carbocycles. The molecule has 0 radical (unpaired) electrons. The molecule has 140 valence electrons. The second-order valence-electron chi connectivity index (χ2n) is 6.38. The van der Waals surface area contributed by atoms with Crippen LogP contribution in [0.5, 0.6) is 0 Å². The van der Waals surface area contributed by atoms with Crippen LogP contribution in [0.25, 0.3) is 0 Å². The lowest BCUT2D eigenvalue weighted by Crippen LogP contribution is -2.09. The van der Waals surface area contributed by atoms with Crippen molar-refractivity contribution in [3.63, 3.8) is 0 Å². The van der Waals surface area contributed by atoms with Gasteiger partial charge in [-0.15, -0.1) is 0 Å². The van der Waals surface area contributed by atoms with Crippen LogP contribution in [-0.2, 0) is 11.2 Å². The number of rotatable bonds is 3. The number of fused-ring (bicyclic) bond motifs is 2. The van der Waals surface area contributed by atoms with E-state index in [1.807, 2.05) is 24.3 Å². The van der Waals surface area contributed by atoms with E-state index in [1.54, 1.807) is 18.2 Å². The minimum Gasteiger partial charge on any atom is -0.476 e. The van der Waals surface area contributed by atoms with Gasteiger partial charge in [-0.1, -0.05) is 29.8 Å². The number of nitrogens with zero attached hydrogens (tertiary/aromatic N) is 3. The van der Waals surface area contributed by atoms with Gasteiger partial charge in [-0.25, -0.2) is 14.5 Å². The highest BCUT2D eigenvalue weighted by Crippen LogP contribution is 2.26. The molecule has 1 amide bonds. The van der Waals surface area contributed by atoms with Crippen molar-refractivity contribution < 1.29 is 14.7 Å². The van der Waals surface area contributed by atoms with Crippen molar-refractivity contribution in [1.29, 1.82) is 0 Å². The molecule has 0 fully saturated rings. The molecule has 8 heteroatoms. The lowest BCUT2D eigenvalue weighted by Gasteiger charge is -2.11. The Balaban J connectivity index is 1.86. The van der Waals surface area contributed by atoms with E-state index in [1.165, 1.54) is 17.8 Å². The minimum atomic E-state index is -1.10. The predicted octanol–water partition coefficient (Wildman–Crippen LogP) is 3.40. The molecule has 1 aliphatic rings. The fourth-order valence-electron chi connectivity index (χ4n) is 3.10. The van der Waals surface area contributed by atoms with Crippen molar-refractivity contribution in [3.8, 4) is 0 Å². The smallest absolute Gasteiger partial charge is 0.356 e. The molecule has 0 saturated carbocycles. The Bertz CT molecular complexity index is 1130. The van der Waals surface area contributed by atoms with E-state index in [2.05, 4.69) is 15.4 Å². The summed E-state index contributed by atoms with van der Waals surface area (Å²) in [5.74, 6) is -0.722. The summed E-state index contributed by atoms with van der Waals surface area (Å²) in [6, 6.07) is 12.8. The van der Waals surface area contributed by atoms with E-state index in [9.17, 15) is 14.7 Å². The third-order valence-electron chi connectivity index (χ3n) is 4.34. The number of nitrogens with one attached hydrogen (secondary N) is 1. The van der Waals surface area contributed by atoms with Crippen molar-refractivity contribution in [3.05, 3.63) is 81.9 Å². The number of carboxylic acid groups (broad SMARTS) is 1. The number of carbonyl (C=O) groups excluding carboxylic acids is 1. The number of hydrogen-bond donors (Lipinski definition) is 2. The zero-order valence-electron chi connectivity index (χ0n) is 14.8. The molecule has 0 saturated heterocycles. The monoisotopic (exact) mass is 394 g/mol. The standard InChI is InChI=1S/C20H15ClN4O3/c1-11(26)22-15-6-3-12(4-7-15)19-16-9-14(21)5-2-13(16)8-18-23-17(20(27)28)10-25(18)24-19/h2-7,9-10H,8H2,1H3,(H,22,26)(H,27,28). The maximum absolute atomic E-state index is 11.3. The Morgan fingerprint density at radius 3 is 2.61 bits per heavy atom. The van der Waals surface area contributed by atoms with Gasteiger partial charge in [0.1, 0.15) is 5.82 Å². The summed E-state index contributed by atoms with van der Waals surface area (Å²) >= 11 is 6.21. The first-order valence-corrected chi connectivity index (χ1v) is 8.86. The van der Waals surface area contributed by atoms with Gasteiger partial charge in [-0.3, -0.25) is 4.79 Å². The van der Waals surface area contributed by atoms with Gasteiger partial charge < -0.3 is 10.4 Å². The van der Waals surface area contributed by atoms with Gasteiger partial charge in [0.25, 0.3) is 0 Å². The van der Waals surface area contributed by atoms with Crippen LogP contribution in [0.3, 0.4) is 0 Å². The molecule has 28 heavy (non-hydrogen) atoms. The minimum absolute atomic E-state index is 0.0588. The van der Waals surface area contributed by atoms with Crippen LogP contribution in [-0.4, -0.2) is 32.4 Å².